The fourth-order valence-corrected chi connectivity index (χ4v) is 6.74. The maximum atomic E-state index is 15.1. The quantitative estimate of drug-likeness (QED) is 0.584. The molecule has 1 amide bonds. The van der Waals surface area contributed by atoms with Crippen LogP contribution in [0.3, 0.4) is 0 Å². The largest absolute Gasteiger partial charge is 0.387 e. The number of aliphatic hydroxyl groups excluding tert-OH is 1. The van der Waals surface area contributed by atoms with Gasteiger partial charge >= 0.3 is 0 Å². The summed E-state index contributed by atoms with van der Waals surface area (Å²) in [6.07, 6.45) is 2.51. The number of anilines is 1. The maximum Gasteiger partial charge on any atom is 0.282 e. The summed E-state index contributed by atoms with van der Waals surface area (Å²) >= 11 is 0. The Kier molecular flexibility index (Phi) is 8.99. The average Bonchev–Trinajstić information content (AvgIpc) is 3.78. The van der Waals surface area contributed by atoms with Crippen LogP contribution in [0, 0.1) is 5.92 Å². The molecule has 0 bridgehead atoms. The molecule has 1 saturated carbocycles. The zero-order valence-corrected chi connectivity index (χ0v) is 22.5. The van der Waals surface area contributed by atoms with Crippen LogP contribution in [-0.2, 0) is 15.0 Å². The van der Waals surface area contributed by atoms with Crippen LogP contribution in [0.2, 0.25) is 0 Å². The highest BCUT2D eigenvalue weighted by Crippen LogP contribution is 2.32. The molecule has 3 fully saturated rings. The molecule has 1 aromatic carbocycles. The van der Waals surface area contributed by atoms with Crippen LogP contribution >= 0.6 is 0 Å². The second kappa shape index (κ2) is 12.0. The number of piperidine rings is 1. The normalized spacial score (nSPS) is 23.4. The van der Waals surface area contributed by atoms with E-state index in [1.54, 1.807) is 11.1 Å². The Morgan fingerprint density at radius 3 is 2.46 bits per heavy atom. The standard InChI is InChI=1S/C24H32FN5O4S.C2H6/c25-22-16-29(9-7-19(22)15-30(20-5-6-20)24(32)17-31)35(33,34)28-12-10-27(11-13-28)21-4-3-18-2-1-8-26-23(18)14-21;1-2/h1-4,8,14,19-20,22,31H,5-7,9-13,15-17H2;1-2H3/t19?,22-;/m1./s1. The molecule has 1 unspecified atom stereocenters. The highest BCUT2D eigenvalue weighted by Gasteiger charge is 2.41. The number of fused-ring (bicyclic) bond motifs is 1. The van der Waals surface area contributed by atoms with Gasteiger partial charge in [0.25, 0.3) is 10.2 Å². The number of benzene rings is 1. The highest BCUT2D eigenvalue weighted by molar-refractivity contribution is 7.86. The Bertz CT molecular complexity index is 1170. The van der Waals surface area contributed by atoms with E-state index < -0.39 is 28.9 Å². The molecule has 2 aliphatic heterocycles. The minimum absolute atomic E-state index is 0.0818. The molecule has 11 heteroatoms. The second-order valence-corrected chi connectivity index (χ2v) is 11.6. The Labute approximate surface area is 219 Å². The number of rotatable bonds is 7. The molecule has 9 nitrogen and oxygen atoms in total. The lowest BCUT2D eigenvalue weighted by molar-refractivity contribution is -0.136. The maximum absolute atomic E-state index is 15.1. The molecule has 1 N–H and O–H groups in total. The first kappa shape index (κ1) is 27.7. The first-order valence-corrected chi connectivity index (χ1v) is 14.7. The van der Waals surface area contributed by atoms with Gasteiger partial charge in [0.2, 0.25) is 5.91 Å². The van der Waals surface area contributed by atoms with Gasteiger partial charge in [0.1, 0.15) is 12.8 Å². The smallest absolute Gasteiger partial charge is 0.282 e. The molecule has 37 heavy (non-hydrogen) atoms. The molecule has 2 saturated heterocycles. The molecule has 1 aromatic heterocycles. The topological polar surface area (TPSA) is 97.3 Å². The molecule has 5 rings (SSSR count). The third-order valence-corrected chi connectivity index (χ3v) is 9.36. The number of halogens is 1. The zero-order valence-electron chi connectivity index (χ0n) is 21.7. The van der Waals surface area contributed by atoms with Gasteiger partial charge in [0.05, 0.1) is 5.52 Å². The molecule has 0 radical (unpaired) electrons. The van der Waals surface area contributed by atoms with Crippen molar-refractivity contribution in [2.75, 3.05) is 57.3 Å². The summed E-state index contributed by atoms with van der Waals surface area (Å²) in [7, 11) is -3.77. The summed E-state index contributed by atoms with van der Waals surface area (Å²) in [6.45, 7) is 5.45. The monoisotopic (exact) mass is 535 g/mol. The minimum atomic E-state index is -3.77. The van der Waals surface area contributed by atoms with E-state index in [-0.39, 0.29) is 31.6 Å². The number of carbonyl (C=O) groups is 1. The van der Waals surface area contributed by atoms with Gasteiger partial charge in [0, 0.05) is 75.0 Å². The molecule has 204 valence electrons. The van der Waals surface area contributed by atoms with E-state index in [2.05, 4.69) is 9.88 Å². The number of hydrogen-bond acceptors (Lipinski definition) is 6. The van der Waals surface area contributed by atoms with Crippen LogP contribution in [0.25, 0.3) is 10.9 Å². The fraction of sp³-hybridized carbons (Fsp3) is 0.615. The van der Waals surface area contributed by atoms with Gasteiger partial charge < -0.3 is 14.9 Å². The SMILES string of the molecule is CC.O=C(CO)N(CC1CCN(S(=O)(=O)N2CCN(c3ccc4cccnc4c3)CC2)C[C@H]1F)C1CC1. The number of nitrogens with zero attached hydrogens (tertiary/aromatic N) is 5. The minimum Gasteiger partial charge on any atom is -0.387 e. The summed E-state index contributed by atoms with van der Waals surface area (Å²) in [5.41, 5.74) is 1.91. The second-order valence-electron chi connectivity index (χ2n) is 9.63. The van der Waals surface area contributed by atoms with E-state index >= 15 is 4.39 Å². The number of hydrogen-bond donors (Lipinski definition) is 1. The van der Waals surface area contributed by atoms with Crippen LogP contribution in [0.4, 0.5) is 10.1 Å². The van der Waals surface area contributed by atoms with E-state index in [0.717, 1.165) is 29.4 Å². The van der Waals surface area contributed by atoms with Crippen molar-refractivity contribution in [3.05, 3.63) is 36.5 Å². The predicted molar refractivity (Wildman–Crippen MR) is 142 cm³/mol. The van der Waals surface area contributed by atoms with E-state index in [1.807, 2.05) is 44.2 Å². The van der Waals surface area contributed by atoms with Crippen molar-refractivity contribution in [3.63, 3.8) is 0 Å². The van der Waals surface area contributed by atoms with E-state index in [1.165, 1.54) is 8.61 Å². The molecule has 2 aromatic rings. The number of amides is 1. The first-order chi connectivity index (χ1) is 17.9. The van der Waals surface area contributed by atoms with E-state index in [9.17, 15) is 18.3 Å². The summed E-state index contributed by atoms with van der Waals surface area (Å²) in [6, 6.07) is 10.0. The van der Waals surface area contributed by atoms with Crippen molar-refractivity contribution in [1.82, 2.24) is 18.5 Å². The van der Waals surface area contributed by atoms with Crippen molar-refractivity contribution in [2.45, 2.75) is 45.3 Å². The molecular formula is C26H38FN5O4S. The summed E-state index contributed by atoms with van der Waals surface area (Å²) < 4.78 is 44.3. The Morgan fingerprint density at radius 2 is 1.81 bits per heavy atom. The highest BCUT2D eigenvalue weighted by atomic mass is 32.2. The van der Waals surface area contributed by atoms with Gasteiger partial charge in [-0.15, -0.1) is 0 Å². The number of carbonyl (C=O) groups excluding carboxylic acids is 1. The number of pyridine rings is 1. The van der Waals surface area contributed by atoms with Crippen LogP contribution in [0.5, 0.6) is 0 Å². The number of aliphatic hydroxyl groups is 1. The van der Waals surface area contributed by atoms with Gasteiger partial charge in [-0.3, -0.25) is 9.78 Å². The number of piperazine rings is 1. The fourth-order valence-electron chi connectivity index (χ4n) is 5.12. The molecule has 3 aliphatic rings. The van der Waals surface area contributed by atoms with E-state index in [0.29, 0.717) is 32.6 Å². The van der Waals surface area contributed by atoms with Crippen molar-refractivity contribution >= 4 is 32.7 Å². The van der Waals surface area contributed by atoms with Crippen LogP contribution in [0.1, 0.15) is 33.1 Å². The first-order valence-electron chi connectivity index (χ1n) is 13.3. The Balaban J connectivity index is 0.00000156. The third-order valence-electron chi connectivity index (χ3n) is 7.36. The summed E-state index contributed by atoms with van der Waals surface area (Å²) in [5.74, 6) is -0.800. The molecule has 2 atom stereocenters. The van der Waals surface area contributed by atoms with Gasteiger partial charge in [-0.2, -0.15) is 17.0 Å². The summed E-state index contributed by atoms with van der Waals surface area (Å²) in [5, 5.41) is 10.3. The molecule has 0 spiro atoms. The molecule has 1 aliphatic carbocycles. The zero-order chi connectivity index (χ0) is 26.6. The van der Waals surface area contributed by atoms with Crippen molar-refractivity contribution in [3.8, 4) is 0 Å². The van der Waals surface area contributed by atoms with Crippen molar-refractivity contribution in [1.29, 1.82) is 0 Å². The van der Waals surface area contributed by atoms with Crippen molar-refractivity contribution in [2.24, 2.45) is 5.92 Å². The summed E-state index contributed by atoms with van der Waals surface area (Å²) in [4.78, 5) is 20.2. The molecular weight excluding hydrogens is 497 g/mol. The van der Waals surface area contributed by atoms with E-state index in [4.69, 9.17) is 0 Å². The Hall–Kier alpha value is -2.34. The lowest BCUT2D eigenvalue weighted by Gasteiger charge is -2.41. The number of alkyl halides is 1. The average molecular weight is 536 g/mol. The molecule has 3 heterocycles. The van der Waals surface area contributed by atoms with Gasteiger partial charge in [-0.25, -0.2) is 4.39 Å². The lowest BCUT2D eigenvalue weighted by Crippen LogP contribution is -2.56. The lowest BCUT2D eigenvalue weighted by atomic mass is 9.95. The van der Waals surface area contributed by atoms with Crippen LogP contribution < -0.4 is 4.90 Å². The van der Waals surface area contributed by atoms with Gasteiger partial charge in [-0.05, 0) is 37.5 Å². The Morgan fingerprint density at radius 1 is 1.08 bits per heavy atom. The predicted octanol–water partition coefficient (Wildman–Crippen LogP) is 2.27. The van der Waals surface area contributed by atoms with Crippen LogP contribution in [-0.4, -0.2) is 103 Å². The third kappa shape index (κ3) is 6.22. The van der Waals surface area contributed by atoms with Crippen molar-refractivity contribution < 1.29 is 22.7 Å². The van der Waals surface area contributed by atoms with Gasteiger partial charge in [-0.1, -0.05) is 26.0 Å². The van der Waals surface area contributed by atoms with Crippen LogP contribution in [0.15, 0.2) is 36.5 Å². The van der Waals surface area contributed by atoms with Gasteiger partial charge in [0.15, 0.2) is 0 Å². The number of aromatic nitrogens is 1.